The quantitative estimate of drug-likeness (QED) is 0.137. The van der Waals surface area contributed by atoms with Gasteiger partial charge in [0.1, 0.15) is 33.5 Å². The largest absolute Gasteiger partial charge is 0.456 e. The Labute approximate surface area is 715 Å². The Balaban J connectivity index is 0.0000000955. The number of hydrogen-bond acceptors (Lipinski definition) is 10. The molecular weight excluding hydrogens is 1530 g/mol. The molecule has 0 aliphatic heterocycles. The average molecular weight is 1600 g/mol. The maximum Gasteiger partial charge on any atom is 0.164 e. The molecule has 0 aliphatic carbocycles. The predicted molar refractivity (Wildman–Crippen MR) is 516 cm³/mol. The summed E-state index contributed by atoms with van der Waals surface area (Å²) >= 11 is 1.80. The van der Waals surface area contributed by atoms with Crippen LogP contribution in [0.1, 0.15) is 0 Å². The van der Waals surface area contributed by atoms with Gasteiger partial charge < -0.3 is 13.3 Å². The molecule has 0 unspecified atom stereocenters. The monoisotopic (exact) mass is 1600 g/mol. The molecule has 0 atom stereocenters. The molecule has 0 aliphatic rings. The molecule has 6 aromatic heterocycles. The van der Waals surface area contributed by atoms with Crippen LogP contribution in [-0.2, 0) is 0 Å². The molecule has 6 heterocycles. The van der Waals surface area contributed by atoms with Crippen LogP contribution in [0.2, 0.25) is 0 Å². The minimum absolute atomic E-state index is 0.620. The molecule has 0 bridgehead atoms. The second kappa shape index (κ2) is 31.1. The Kier molecular flexibility index (Phi) is 18.2. The lowest BCUT2D eigenvalue weighted by atomic mass is 9.92. The summed E-state index contributed by atoms with van der Waals surface area (Å²) in [7, 11) is 0. The van der Waals surface area contributed by atoms with E-state index >= 15 is 0 Å². The first kappa shape index (κ1) is 72.8. The molecule has 26 aromatic rings. The van der Waals surface area contributed by atoms with Gasteiger partial charge in [-0.15, -0.1) is 11.3 Å². The number of para-hydroxylation sites is 3. The molecule has 9 nitrogen and oxygen atoms in total. The zero-order valence-electron chi connectivity index (χ0n) is 66.7. The summed E-state index contributed by atoms with van der Waals surface area (Å²) in [4.78, 5) is 28.8. The second-order valence-corrected chi connectivity index (χ2v) is 32.1. The number of nitrogens with zero attached hydrogens (tertiary/aromatic N) is 6. The fourth-order valence-corrected chi connectivity index (χ4v) is 18.7. The zero-order chi connectivity index (χ0) is 82.0. The molecule has 0 saturated heterocycles. The summed E-state index contributed by atoms with van der Waals surface area (Å²) in [5.74, 6) is 3.97. The van der Waals surface area contributed by atoms with E-state index in [2.05, 4.69) is 249 Å². The summed E-state index contributed by atoms with van der Waals surface area (Å²) in [5, 5.41) is 25.0. The van der Waals surface area contributed by atoms with Crippen LogP contribution in [0.15, 0.2) is 438 Å². The first-order valence-electron chi connectivity index (χ1n) is 41.5. The van der Waals surface area contributed by atoms with Crippen molar-refractivity contribution >= 4 is 162 Å². The Morgan fingerprint density at radius 3 is 0.750 bits per heavy atom. The van der Waals surface area contributed by atoms with E-state index in [9.17, 15) is 0 Å². The molecule has 10 heteroatoms. The lowest BCUT2D eigenvalue weighted by molar-refractivity contribution is 0.668. The van der Waals surface area contributed by atoms with Crippen LogP contribution >= 0.6 is 11.3 Å². The number of hydrogen-bond donors (Lipinski definition) is 0. The van der Waals surface area contributed by atoms with Crippen LogP contribution < -0.4 is 0 Å². The smallest absolute Gasteiger partial charge is 0.164 e. The highest BCUT2D eigenvalue weighted by Gasteiger charge is 2.20. The molecule has 0 amide bonds. The first-order chi connectivity index (χ1) is 61.4. The fraction of sp³-hybridized carbons (Fsp3) is 0. The third-order valence-electron chi connectivity index (χ3n) is 23.6. The summed E-state index contributed by atoms with van der Waals surface area (Å²) in [5.41, 5.74) is 16.0. The number of aromatic nitrogens is 6. The van der Waals surface area contributed by atoms with Crippen molar-refractivity contribution in [3.8, 4) is 90.6 Å². The van der Waals surface area contributed by atoms with Gasteiger partial charge in [0.15, 0.2) is 34.9 Å². The van der Waals surface area contributed by atoms with Gasteiger partial charge in [0, 0.05) is 85.9 Å². The van der Waals surface area contributed by atoms with Crippen LogP contribution in [0.5, 0.6) is 0 Å². The average Bonchev–Trinajstić information content (AvgIpc) is 0.845. The van der Waals surface area contributed by atoms with Crippen molar-refractivity contribution in [2.45, 2.75) is 0 Å². The second-order valence-electron chi connectivity index (χ2n) is 31.0. The summed E-state index contributed by atoms with van der Waals surface area (Å²) in [6.07, 6.45) is 0. The fourth-order valence-electron chi connectivity index (χ4n) is 17.6. The molecule has 0 fully saturated rings. The summed E-state index contributed by atoms with van der Waals surface area (Å²) in [6, 6.07) is 147. The molecule has 26 rings (SSSR count). The number of benzene rings is 20. The van der Waals surface area contributed by atoms with Crippen LogP contribution in [0.25, 0.3) is 241 Å². The maximum atomic E-state index is 6.13. The molecule has 124 heavy (non-hydrogen) atoms. The van der Waals surface area contributed by atoms with E-state index in [1.54, 1.807) is 11.3 Å². The molecule has 0 spiro atoms. The Bertz CT molecular complexity index is 8210. The van der Waals surface area contributed by atoms with Crippen molar-refractivity contribution in [2.75, 3.05) is 0 Å². The van der Waals surface area contributed by atoms with Crippen molar-refractivity contribution < 1.29 is 13.3 Å². The molecule has 20 aromatic carbocycles. The lowest BCUT2D eigenvalue weighted by Gasteiger charge is -2.12. The topological polar surface area (TPSA) is 117 Å². The van der Waals surface area contributed by atoms with Crippen LogP contribution in [0, 0.1) is 0 Å². The number of thiophene rings is 1. The van der Waals surface area contributed by atoms with E-state index in [1.165, 1.54) is 112 Å². The van der Waals surface area contributed by atoms with Gasteiger partial charge in [-0.1, -0.05) is 346 Å². The van der Waals surface area contributed by atoms with Gasteiger partial charge in [-0.3, -0.25) is 0 Å². The third kappa shape index (κ3) is 13.4. The number of fused-ring (bicyclic) bond motifs is 24. The first-order valence-corrected chi connectivity index (χ1v) is 42.3. The Morgan fingerprint density at radius 1 is 0.129 bits per heavy atom. The van der Waals surface area contributed by atoms with E-state index in [0.717, 1.165) is 93.8 Å². The summed E-state index contributed by atoms with van der Waals surface area (Å²) in [6.45, 7) is 0. The van der Waals surface area contributed by atoms with Crippen LogP contribution in [-0.4, -0.2) is 29.9 Å². The van der Waals surface area contributed by atoms with Crippen molar-refractivity contribution in [1.29, 1.82) is 0 Å². The van der Waals surface area contributed by atoms with Crippen molar-refractivity contribution in [3.05, 3.63) is 425 Å². The lowest BCUT2D eigenvalue weighted by Crippen LogP contribution is -2.00. The molecular formula is C114H70N6O3S. The summed E-state index contributed by atoms with van der Waals surface area (Å²) < 4.78 is 20.8. The van der Waals surface area contributed by atoms with Crippen molar-refractivity contribution in [1.82, 2.24) is 29.9 Å². The maximum absolute atomic E-state index is 6.13. The number of furan rings is 3. The molecule has 580 valence electrons. The minimum Gasteiger partial charge on any atom is -0.456 e. The van der Waals surface area contributed by atoms with Crippen LogP contribution in [0.4, 0.5) is 0 Å². The Morgan fingerprint density at radius 2 is 0.355 bits per heavy atom. The van der Waals surface area contributed by atoms with Crippen molar-refractivity contribution in [2.24, 2.45) is 0 Å². The van der Waals surface area contributed by atoms with Gasteiger partial charge in [0.25, 0.3) is 0 Å². The normalized spacial score (nSPS) is 11.5. The molecule has 0 N–H and O–H groups in total. The van der Waals surface area contributed by atoms with E-state index in [0.29, 0.717) is 34.9 Å². The van der Waals surface area contributed by atoms with E-state index in [-0.39, 0.29) is 0 Å². The standard InChI is InChI=1S/2C30H18O.C27H17N3O.C27H17N3S/c1-2-9-23-21(7-1)22-8-3-4-10-24(22)27-17-19(13-15-25(23)27)20-14-16-30-28(18-20)26-11-5-6-12-29(26)31-30;1-2-9-23-21(7-1)22-8-3-4-10-24(22)28-17-19(13-15-25(23)28)20-14-16-27-26-11-5-6-12-29(26)31-30(27)18-20;2*1-3-9-18(10-4-1)25-28-26(19-11-5-2-6-12-19)30-27(29-25)20-15-16-22-21-13-7-8-14-23(21)31-24(22)17-20/h2*1-18H;2*1-17H. The third-order valence-corrected chi connectivity index (χ3v) is 24.7. The predicted octanol–water partition coefficient (Wildman–Crippen LogP) is 31.4. The number of rotatable bonds is 8. The van der Waals surface area contributed by atoms with Crippen LogP contribution in [0.3, 0.4) is 0 Å². The SMILES string of the molecule is c1ccc(-c2nc(-c3ccccc3)nc(-c3ccc4c(c3)oc3ccccc34)n2)cc1.c1ccc(-c2nc(-c3ccccc3)nc(-c3ccc4c(c3)sc3ccccc34)n2)cc1.c1ccc2c(c1)oc1cc(-c3ccc4c5ccccc5c5ccccc5c4c3)ccc12.c1ccc2c(c1)oc1ccc(-c3ccc4c5ccccc5c5ccccc5c4c3)cc12. The zero-order valence-corrected chi connectivity index (χ0v) is 67.5. The van der Waals surface area contributed by atoms with E-state index in [4.69, 9.17) is 43.2 Å². The highest BCUT2D eigenvalue weighted by Crippen LogP contribution is 2.44. The van der Waals surface area contributed by atoms with E-state index in [1.807, 2.05) is 176 Å². The highest BCUT2D eigenvalue weighted by atomic mass is 32.1. The Hall–Kier alpha value is -16.4. The molecule has 0 radical (unpaired) electrons. The molecule has 0 saturated carbocycles. The van der Waals surface area contributed by atoms with Gasteiger partial charge in [-0.25, -0.2) is 29.9 Å². The van der Waals surface area contributed by atoms with Gasteiger partial charge in [-0.05, 0) is 166 Å². The van der Waals surface area contributed by atoms with Gasteiger partial charge in [0.05, 0.1) is 0 Å². The van der Waals surface area contributed by atoms with Gasteiger partial charge in [0.2, 0.25) is 0 Å². The van der Waals surface area contributed by atoms with Gasteiger partial charge >= 0.3 is 0 Å². The minimum atomic E-state index is 0.620. The van der Waals surface area contributed by atoms with Gasteiger partial charge in [-0.2, -0.15) is 0 Å². The van der Waals surface area contributed by atoms with Crippen molar-refractivity contribution in [3.63, 3.8) is 0 Å². The highest BCUT2D eigenvalue weighted by molar-refractivity contribution is 7.25. The van der Waals surface area contributed by atoms with E-state index < -0.39 is 0 Å².